The second kappa shape index (κ2) is 5.09. The Hall–Kier alpha value is -1.75. The van der Waals surface area contributed by atoms with Gasteiger partial charge in [-0.25, -0.2) is 0 Å². The van der Waals surface area contributed by atoms with Crippen LogP contribution in [0.2, 0.25) is 0 Å². The molecular weight excluding hydrogens is 242 g/mol. The molecule has 0 aromatic heterocycles. The maximum atomic E-state index is 11.9. The monoisotopic (exact) mass is 261 g/mol. The van der Waals surface area contributed by atoms with Crippen LogP contribution in [0.15, 0.2) is 18.2 Å². The minimum atomic E-state index is 0.108. The summed E-state index contributed by atoms with van der Waals surface area (Å²) in [6.45, 7) is 4.46. The summed E-state index contributed by atoms with van der Waals surface area (Å²) >= 11 is 0. The number of rotatable bonds is 1. The van der Waals surface area contributed by atoms with Gasteiger partial charge in [-0.3, -0.25) is 4.79 Å². The van der Waals surface area contributed by atoms with Crippen molar-refractivity contribution in [3.63, 3.8) is 0 Å². The zero-order valence-corrected chi connectivity index (χ0v) is 11.2. The first-order chi connectivity index (χ1) is 9.25. The average molecular weight is 261 g/mol. The van der Waals surface area contributed by atoms with E-state index in [-0.39, 0.29) is 5.91 Å². The number of benzene rings is 1. The lowest BCUT2D eigenvalue weighted by Crippen LogP contribution is -2.43. The second-order valence-corrected chi connectivity index (χ2v) is 4.94. The fraction of sp³-hybridized carbons (Fsp3) is 0.500. The molecule has 2 aliphatic rings. The minimum Gasteiger partial charge on any atom is -0.491 e. The summed E-state index contributed by atoms with van der Waals surface area (Å²) in [4.78, 5) is 15.9. The van der Waals surface area contributed by atoms with Crippen LogP contribution in [0.4, 0.5) is 11.4 Å². The van der Waals surface area contributed by atoms with Gasteiger partial charge in [0.25, 0.3) is 0 Å². The first kappa shape index (κ1) is 12.3. The van der Waals surface area contributed by atoms with E-state index in [2.05, 4.69) is 22.3 Å². The fourth-order valence-electron chi connectivity index (χ4n) is 2.56. The Labute approximate surface area is 113 Å². The minimum absolute atomic E-state index is 0.108. The smallest absolute Gasteiger partial charge is 0.230 e. The molecule has 0 saturated carbocycles. The molecular formula is C14H19N3O2. The van der Waals surface area contributed by atoms with E-state index in [1.807, 2.05) is 13.1 Å². The first-order valence-corrected chi connectivity index (χ1v) is 6.75. The maximum Gasteiger partial charge on any atom is 0.230 e. The molecule has 2 aliphatic heterocycles. The van der Waals surface area contributed by atoms with Gasteiger partial charge in [-0.2, -0.15) is 0 Å². The molecule has 0 bridgehead atoms. The quantitative estimate of drug-likeness (QED) is 0.814. The van der Waals surface area contributed by atoms with E-state index in [0.29, 0.717) is 13.0 Å². The van der Waals surface area contributed by atoms with Crippen molar-refractivity contribution in [2.24, 2.45) is 0 Å². The van der Waals surface area contributed by atoms with Crippen molar-refractivity contribution in [3.05, 3.63) is 18.2 Å². The number of carbonyl (C=O) groups is 1. The van der Waals surface area contributed by atoms with E-state index in [1.165, 1.54) is 0 Å². The number of hydrogen-bond acceptors (Lipinski definition) is 4. The van der Waals surface area contributed by atoms with Crippen LogP contribution in [-0.2, 0) is 4.79 Å². The summed E-state index contributed by atoms with van der Waals surface area (Å²) in [6.07, 6.45) is 0.439. The van der Waals surface area contributed by atoms with Crippen molar-refractivity contribution in [3.8, 4) is 5.75 Å². The summed E-state index contributed by atoms with van der Waals surface area (Å²) in [5, 5.41) is 3.34. The third-order valence-corrected chi connectivity index (χ3v) is 3.73. The summed E-state index contributed by atoms with van der Waals surface area (Å²) in [7, 11) is 1.82. The van der Waals surface area contributed by atoms with Gasteiger partial charge in [-0.15, -0.1) is 0 Å². The van der Waals surface area contributed by atoms with Crippen LogP contribution >= 0.6 is 0 Å². The Morgan fingerprint density at radius 3 is 2.84 bits per heavy atom. The Balaban J connectivity index is 1.92. The number of nitrogens with one attached hydrogen (secondary N) is 1. The highest BCUT2D eigenvalue weighted by Gasteiger charge is 2.21. The summed E-state index contributed by atoms with van der Waals surface area (Å²) in [6, 6.07) is 6.11. The van der Waals surface area contributed by atoms with Gasteiger partial charge < -0.3 is 19.9 Å². The molecule has 1 aromatic rings. The van der Waals surface area contributed by atoms with Crippen molar-refractivity contribution in [1.82, 2.24) is 5.32 Å². The molecule has 2 heterocycles. The Morgan fingerprint density at radius 2 is 2.05 bits per heavy atom. The Kier molecular flexibility index (Phi) is 3.29. The van der Waals surface area contributed by atoms with Crippen molar-refractivity contribution >= 4 is 17.3 Å². The molecule has 0 atom stereocenters. The zero-order valence-electron chi connectivity index (χ0n) is 11.2. The van der Waals surface area contributed by atoms with Gasteiger partial charge in [0.2, 0.25) is 5.91 Å². The lowest BCUT2D eigenvalue weighted by molar-refractivity contribution is -0.118. The number of hydrogen-bond donors (Lipinski definition) is 1. The normalized spacial score (nSPS) is 19.7. The Morgan fingerprint density at radius 1 is 1.26 bits per heavy atom. The van der Waals surface area contributed by atoms with Crippen LogP contribution in [0.3, 0.4) is 0 Å². The van der Waals surface area contributed by atoms with Crippen LogP contribution in [0, 0.1) is 0 Å². The van der Waals surface area contributed by atoms with Crippen molar-refractivity contribution < 1.29 is 9.53 Å². The number of piperazine rings is 1. The molecule has 19 heavy (non-hydrogen) atoms. The van der Waals surface area contributed by atoms with E-state index in [0.717, 1.165) is 43.3 Å². The highest BCUT2D eigenvalue weighted by Crippen LogP contribution is 2.34. The number of anilines is 2. The van der Waals surface area contributed by atoms with Crippen LogP contribution in [0.25, 0.3) is 0 Å². The third-order valence-electron chi connectivity index (χ3n) is 3.73. The highest BCUT2D eigenvalue weighted by molar-refractivity contribution is 5.95. The van der Waals surface area contributed by atoms with E-state index < -0.39 is 0 Å². The summed E-state index contributed by atoms with van der Waals surface area (Å²) < 4.78 is 5.64. The zero-order chi connectivity index (χ0) is 13.2. The van der Waals surface area contributed by atoms with Crippen LogP contribution < -0.4 is 19.9 Å². The van der Waals surface area contributed by atoms with E-state index in [1.54, 1.807) is 4.90 Å². The molecule has 5 nitrogen and oxygen atoms in total. The molecule has 0 unspecified atom stereocenters. The topological polar surface area (TPSA) is 44.8 Å². The van der Waals surface area contributed by atoms with Gasteiger partial charge in [0.1, 0.15) is 5.75 Å². The number of amides is 1. The molecule has 1 saturated heterocycles. The summed E-state index contributed by atoms with van der Waals surface area (Å²) in [5.41, 5.74) is 2.03. The van der Waals surface area contributed by atoms with Crippen LogP contribution in [0.1, 0.15) is 6.42 Å². The molecule has 1 amide bonds. The average Bonchev–Trinajstić information content (AvgIpc) is 2.60. The molecule has 0 aliphatic carbocycles. The predicted octanol–water partition coefficient (Wildman–Crippen LogP) is 0.841. The third kappa shape index (κ3) is 2.38. The molecule has 1 N–H and O–H groups in total. The lowest BCUT2D eigenvalue weighted by atomic mass is 10.2. The fourth-order valence-corrected chi connectivity index (χ4v) is 2.56. The SMILES string of the molecule is CN1C(=O)CCOc2ccc(N3CCNCC3)cc21. The van der Waals surface area contributed by atoms with Gasteiger partial charge in [-0.05, 0) is 18.2 Å². The van der Waals surface area contributed by atoms with Crippen molar-refractivity contribution in [2.45, 2.75) is 6.42 Å². The van der Waals surface area contributed by atoms with Gasteiger partial charge >= 0.3 is 0 Å². The second-order valence-electron chi connectivity index (χ2n) is 4.94. The molecule has 1 aromatic carbocycles. The number of carbonyl (C=O) groups excluding carboxylic acids is 1. The summed E-state index contributed by atoms with van der Waals surface area (Å²) in [5.74, 6) is 0.906. The van der Waals surface area contributed by atoms with Gasteiger partial charge in [0, 0.05) is 38.9 Å². The van der Waals surface area contributed by atoms with Gasteiger partial charge in [-0.1, -0.05) is 0 Å². The largest absolute Gasteiger partial charge is 0.491 e. The standard InChI is InChI=1S/C14H19N3O2/c1-16-12-10-11(17-7-5-15-6-8-17)2-3-13(12)19-9-4-14(16)18/h2-3,10,15H,4-9H2,1H3. The lowest BCUT2D eigenvalue weighted by Gasteiger charge is -2.30. The predicted molar refractivity (Wildman–Crippen MR) is 75.0 cm³/mol. The van der Waals surface area contributed by atoms with Crippen LogP contribution in [-0.4, -0.2) is 45.7 Å². The molecule has 0 spiro atoms. The molecule has 3 rings (SSSR count). The maximum absolute atomic E-state index is 11.9. The highest BCUT2D eigenvalue weighted by atomic mass is 16.5. The van der Waals surface area contributed by atoms with E-state index in [9.17, 15) is 4.79 Å². The first-order valence-electron chi connectivity index (χ1n) is 6.75. The van der Waals surface area contributed by atoms with E-state index in [4.69, 9.17) is 4.74 Å². The van der Waals surface area contributed by atoms with Crippen LogP contribution in [0.5, 0.6) is 5.75 Å². The molecule has 1 fully saturated rings. The number of ether oxygens (including phenoxy) is 1. The van der Waals surface area contributed by atoms with Crippen molar-refractivity contribution in [1.29, 1.82) is 0 Å². The molecule has 102 valence electrons. The Bertz CT molecular complexity index is 484. The number of nitrogens with zero attached hydrogens (tertiary/aromatic N) is 2. The van der Waals surface area contributed by atoms with Crippen molar-refractivity contribution in [2.75, 3.05) is 49.6 Å². The number of fused-ring (bicyclic) bond motifs is 1. The van der Waals surface area contributed by atoms with E-state index >= 15 is 0 Å². The molecule has 0 radical (unpaired) electrons. The van der Waals surface area contributed by atoms with Gasteiger partial charge in [0.05, 0.1) is 18.7 Å². The van der Waals surface area contributed by atoms with Gasteiger partial charge in [0.15, 0.2) is 0 Å². The molecule has 5 heteroatoms.